The van der Waals surface area contributed by atoms with E-state index in [4.69, 9.17) is 0 Å². The highest BCUT2D eigenvalue weighted by atomic mass is 19.1. The van der Waals surface area contributed by atoms with Crippen molar-refractivity contribution in [3.05, 3.63) is 35.4 Å². The molecule has 0 radical (unpaired) electrons. The van der Waals surface area contributed by atoms with Gasteiger partial charge in [-0.05, 0) is 18.2 Å². The molecule has 14 heavy (non-hydrogen) atoms. The average molecular weight is 196 g/mol. The topological polar surface area (TPSA) is 26.3 Å². The first-order valence-corrected chi connectivity index (χ1v) is 3.68. The Morgan fingerprint density at radius 2 is 2.14 bits per heavy atom. The zero-order chi connectivity index (χ0) is 10.6. The third kappa shape index (κ3) is 2.56. The minimum atomic E-state index is -0.798. The first-order chi connectivity index (χ1) is 6.63. The van der Waals surface area contributed by atoms with Crippen molar-refractivity contribution in [2.75, 3.05) is 7.11 Å². The summed E-state index contributed by atoms with van der Waals surface area (Å²) in [6.45, 7) is 0. The number of hydrogen-bond donors (Lipinski definition) is 0. The quantitative estimate of drug-likeness (QED) is 0.464. The van der Waals surface area contributed by atoms with Crippen molar-refractivity contribution in [1.82, 2.24) is 0 Å². The summed E-state index contributed by atoms with van der Waals surface area (Å²) in [5, 5.41) is 0. The predicted molar refractivity (Wildman–Crippen MR) is 45.3 cm³/mol. The second-order valence-electron chi connectivity index (χ2n) is 2.37. The Hall–Kier alpha value is -1.89. The Morgan fingerprint density at radius 3 is 2.79 bits per heavy atom. The monoisotopic (exact) mass is 196 g/mol. The smallest absolute Gasteiger partial charge is 0.384 e. The molecule has 4 heteroatoms. The summed E-state index contributed by atoms with van der Waals surface area (Å²) in [5.41, 5.74) is -0.171. The van der Waals surface area contributed by atoms with Crippen LogP contribution < -0.4 is 0 Å². The zero-order valence-electron chi connectivity index (χ0n) is 7.30. The van der Waals surface area contributed by atoms with Gasteiger partial charge in [0.1, 0.15) is 11.6 Å². The molecule has 0 atom stereocenters. The summed E-state index contributed by atoms with van der Waals surface area (Å²) in [4.78, 5) is 10.6. The van der Waals surface area contributed by atoms with E-state index < -0.39 is 17.6 Å². The molecule has 72 valence electrons. The van der Waals surface area contributed by atoms with Crippen LogP contribution in [0.3, 0.4) is 0 Å². The molecule has 1 rings (SSSR count). The Morgan fingerprint density at radius 1 is 1.43 bits per heavy atom. The molecule has 0 bridgehead atoms. The summed E-state index contributed by atoms with van der Waals surface area (Å²) in [5.74, 6) is 2.08. The first-order valence-electron chi connectivity index (χ1n) is 3.68. The van der Waals surface area contributed by atoms with Crippen LogP contribution in [0.5, 0.6) is 0 Å². The summed E-state index contributed by atoms with van der Waals surface area (Å²) >= 11 is 0. The molecule has 0 saturated carbocycles. The van der Waals surface area contributed by atoms with Gasteiger partial charge >= 0.3 is 5.97 Å². The minimum absolute atomic E-state index is 0.171. The van der Waals surface area contributed by atoms with Crippen LogP contribution in [-0.4, -0.2) is 13.1 Å². The molecule has 0 fully saturated rings. The van der Waals surface area contributed by atoms with Gasteiger partial charge in [0, 0.05) is 5.92 Å². The molecule has 0 aliphatic carbocycles. The van der Waals surface area contributed by atoms with E-state index >= 15 is 0 Å². The van der Waals surface area contributed by atoms with E-state index in [1.807, 2.05) is 5.92 Å². The number of ether oxygens (including phenoxy) is 1. The van der Waals surface area contributed by atoms with Gasteiger partial charge in [0.15, 0.2) is 0 Å². The van der Waals surface area contributed by atoms with Gasteiger partial charge in [0.05, 0.1) is 12.7 Å². The lowest BCUT2D eigenvalue weighted by Gasteiger charge is -1.93. The summed E-state index contributed by atoms with van der Waals surface area (Å²) in [6, 6.07) is 2.82. The molecule has 0 N–H and O–H groups in total. The van der Waals surface area contributed by atoms with Crippen molar-refractivity contribution in [2.24, 2.45) is 0 Å². The van der Waals surface area contributed by atoms with E-state index in [0.29, 0.717) is 0 Å². The lowest BCUT2D eigenvalue weighted by Crippen LogP contribution is -1.95. The van der Waals surface area contributed by atoms with Gasteiger partial charge in [-0.25, -0.2) is 13.6 Å². The fourth-order valence-corrected chi connectivity index (χ4v) is 0.763. The molecule has 0 aliphatic rings. The van der Waals surface area contributed by atoms with E-state index in [1.54, 1.807) is 0 Å². The van der Waals surface area contributed by atoms with Crippen molar-refractivity contribution < 1.29 is 18.3 Å². The second kappa shape index (κ2) is 4.38. The van der Waals surface area contributed by atoms with Crippen LogP contribution in [0, 0.1) is 23.5 Å². The number of methoxy groups -OCH3 is 1. The van der Waals surface area contributed by atoms with Gasteiger partial charge < -0.3 is 4.74 Å². The molecule has 1 aromatic rings. The fourth-order valence-electron chi connectivity index (χ4n) is 0.763. The van der Waals surface area contributed by atoms with E-state index in [9.17, 15) is 13.6 Å². The Labute approximate surface area is 79.5 Å². The van der Waals surface area contributed by atoms with Crippen LogP contribution in [0.15, 0.2) is 18.2 Å². The highest BCUT2D eigenvalue weighted by molar-refractivity contribution is 5.88. The van der Waals surface area contributed by atoms with Crippen molar-refractivity contribution in [1.29, 1.82) is 0 Å². The molecular weight excluding hydrogens is 190 g/mol. The van der Waals surface area contributed by atoms with E-state index in [2.05, 4.69) is 10.7 Å². The van der Waals surface area contributed by atoms with Crippen LogP contribution in [-0.2, 0) is 9.53 Å². The summed E-state index contributed by atoms with van der Waals surface area (Å²) in [7, 11) is 1.15. The van der Waals surface area contributed by atoms with E-state index in [0.717, 1.165) is 25.3 Å². The maximum atomic E-state index is 12.9. The van der Waals surface area contributed by atoms with Crippen LogP contribution >= 0.6 is 0 Å². The van der Waals surface area contributed by atoms with Crippen molar-refractivity contribution in [3.8, 4) is 11.8 Å². The summed E-state index contributed by atoms with van der Waals surface area (Å²) in [6.07, 6.45) is 0. The Bertz CT molecular complexity index is 416. The molecule has 2 nitrogen and oxygen atoms in total. The predicted octanol–water partition coefficient (Wildman–Crippen LogP) is 1.49. The number of rotatable bonds is 0. The number of carbonyl (C=O) groups is 1. The molecule has 0 amide bonds. The van der Waals surface area contributed by atoms with Crippen molar-refractivity contribution in [2.45, 2.75) is 0 Å². The average Bonchev–Trinajstić information content (AvgIpc) is 2.19. The van der Waals surface area contributed by atoms with Crippen LogP contribution in [0.4, 0.5) is 8.78 Å². The number of halogens is 2. The van der Waals surface area contributed by atoms with Gasteiger partial charge in [-0.15, -0.1) is 0 Å². The number of esters is 1. The van der Waals surface area contributed by atoms with Crippen LogP contribution in [0.25, 0.3) is 0 Å². The van der Waals surface area contributed by atoms with Gasteiger partial charge in [-0.1, -0.05) is 5.92 Å². The van der Waals surface area contributed by atoms with Gasteiger partial charge in [-0.3, -0.25) is 0 Å². The van der Waals surface area contributed by atoms with Gasteiger partial charge in [0.25, 0.3) is 0 Å². The number of benzene rings is 1. The van der Waals surface area contributed by atoms with Crippen LogP contribution in [0.2, 0.25) is 0 Å². The molecule has 0 saturated heterocycles. The Balaban J connectivity index is 3.00. The highest BCUT2D eigenvalue weighted by Crippen LogP contribution is 2.07. The maximum absolute atomic E-state index is 12.9. The van der Waals surface area contributed by atoms with Crippen molar-refractivity contribution >= 4 is 5.97 Å². The summed E-state index contributed by atoms with van der Waals surface area (Å²) < 4.78 is 29.7. The van der Waals surface area contributed by atoms with Gasteiger partial charge in [-0.2, -0.15) is 0 Å². The fraction of sp³-hybridized carbons (Fsp3) is 0.100. The molecule has 0 spiro atoms. The SMILES string of the molecule is COC(=O)C#Cc1cc(F)ccc1F. The second-order valence-corrected chi connectivity index (χ2v) is 2.37. The standard InChI is InChI=1S/C10H6F2O2/c1-14-10(13)5-2-7-6-8(11)3-4-9(7)12/h3-4,6H,1H3. The highest BCUT2D eigenvalue weighted by Gasteiger charge is 2.00. The van der Waals surface area contributed by atoms with Crippen molar-refractivity contribution in [3.63, 3.8) is 0 Å². The largest absolute Gasteiger partial charge is 0.459 e. The maximum Gasteiger partial charge on any atom is 0.384 e. The molecule has 0 aliphatic heterocycles. The minimum Gasteiger partial charge on any atom is -0.459 e. The molecule has 0 unspecified atom stereocenters. The lowest BCUT2D eigenvalue weighted by molar-refractivity contribution is -0.133. The lowest BCUT2D eigenvalue weighted by atomic mass is 10.2. The van der Waals surface area contributed by atoms with E-state index in [1.165, 1.54) is 0 Å². The zero-order valence-corrected chi connectivity index (χ0v) is 7.30. The molecular formula is C10H6F2O2. The normalized spacial score (nSPS) is 8.79. The molecule has 0 heterocycles. The Kier molecular flexibility index (Phi) is 3.19. The molecule has 1 aromatic carbocycles. The third-order valence-corrected chi connectivity index (χ3v) is 1.41. The first kappa shape index (κ1) is 10.2. The van der Waals surface area contributed by atoms with Crippen LogP contribution in [0.1, 0.15) is 5.56 Å². The molecule has 0 aromatic heterocycles. The third-order valence-electron chi connectivity index (χ3n) is 1.41. The van der Waals surface area contributed by atoms with E-state index in [-0.39, 0.29) is 5.56 Å². The number of hydrogen-bond acceptors (Lipinski definition) is 2. The van der Waals surface area contributed by atoms with Gasteiger partial charge in [0.2, 0.25) is 0 Å². The number of carbonyl (C=O) groups excluding carboxylic acids is 1.